The van der Waals surface area contributed by atoms with Crippen molar-refractivity contribution in [3.63, 3.8) is 0 Å². The van der Waals surface area contributed by atoms with E-state index in [4.69, 9.17) is 5.11 Å². The van der Waals surface area contributed by atoms with Crippen molar-refractivity contribution in [3.05, 3.63) is 5.82 Å². The molecule has 2 bridgehead atoms. The summed E-state index contributed by atoms with van der Waals surface area (Å²) in [6.45, 7) is 2.14. The summed E-state index contributed by atoms with van der Waals surface area (Å²) in [6, 6.07) is 0.945. The number of piperidine rings is 1. The molecule has 2 saturated heterocycles. The number of carboxylic acids is 1. The van der Waals surface area contributed by atoms with Gasteiger partial charge in [0.2, 0.25) is 5.13 Å². The molecule has 3 rings (SSSR count). The third-order valence-corrected chi connectivity index (χ3v) is 5.21. The van der Waals surface area contributed by atoms with Gasteiger partial charge in [-0.25, -0.2) is 4.98 Å². The summed E-state index contributed by atoms with van der Waals surface area (Å²) in [7, 11) is 0. The highest BCUT2D eigenvalue weighted by Crippen LogP contribution is 2.43. The predicted octanol–water partition coefficient (Wildman–Crippen LogP) is 2.71. The molecule has 1 N–H and O–H groups in total. The van der Waals surface area contributed by atoms with Crippen LogP contribution in [-0.4, -0.2) is 32.5 Å². The molecule has 20 heavy (non-hydrogen) atoms. The second-order valence-corrected chi connectivity index (χ2v) is 6.70. The first kappa shape index (κ1) is 13.8. The van der Waals surface area contributed by atoms with Gasteiger partial charge in [-0.3, -0.25) is 4.79 Å². The van der Waals surface area contributed by atoms with Crippen LogP contribution in [0.2, 0.25) is 0 Å². The van der Waals surface area contributed by atoms with Gasteiger partial charge in [-0.1, -0.05) is 6.92 Å². The lowest BCUT2D eigenvalue weighted by atomic mass is 9.88. The van der Waals surface area contributed by atoms with Crippen LogP contribution in [-0.2, 0) is 11.2 Å². The van der Waals surface area contributed by atoms with Gasteiger partial charge in [-0.2, -0.15) is 4.37 Å². The number of aliphatic carboxylic acids is 1. The number of aryl methyl sites for hydroxylation is 1. The molecule has 2 atom stereocenters. The molecule has 3 heterocycles. The number of carboxylic acid groups (broad SMARTS) is 1. The zero-order valence-corrected chi connectivity index (χ0v) is 12.6. The second-order valence-electron chi connectivity index (χ2n) is 5.97. The fourth-order valence-electron chi connectivity index (χ4n) is 3.69. The lowest BCUT2D eigenvalue weighted by Gasteiger charge is -2.38. The average molecular weight is 295 g/mol. The van der Waals surface area contributed by atoms with Crippen molar-refractivity contribution in [2.24, 2.45) is 5.92 Å². The monoisotopic (exact) mass is 295 g/mol. The average Bonchev–Trinajstić information content (AvgIpc) is 2.92. The fraction of sp³-hybridized carbons (Fsp3) is 0.786. The summed E-state index contributed by atoms with van der Waals surface area (Å²) < 4.78 is 4.44. The fourth-order valence-corrected chi connectivity index (χ4v) is 4.55. The Kier molecular flexibility index (Phi) is 3.92. The summed E-state index contributed by atoms with van der Waals surface area (Å²) in [5.41, 5.74) is 0. The van der Waals surface area contributed by atoms with Gasteiger partial charge < -0.3 is 10.0 Å². The maximum Gasteiger partial charge on any atom is 0.303 e. The van der Waals surface area contributed by atoms with Crippen LogP contribution >= 0.6 is 11.5 Å². The number of nitrogens with zero attached hydrogens (tertiary/aromatic N) is 3. The van der Waals surface area contributed by atoms with E-state index in [9.17, 15) is 4.79 Å². The van der Waals surface area contributed by atoms with E-state index >= 15 is 0 Å². The molecule has 0 aromatic carbocycles. The molecule has 5 nitrogen and oxygen atoms in total. The molecular weight excluding hydrogens is 274 g/mol. The van der Waals surface area contributed by atoms with Crippen LogP contribution < -0.4 is 4.90 Å². The summed E-state index contributed by atoms with van der Waals surface area (Å²) >= 11 is 1.51. The maximum absolute atomic E-state index is 10.9. The van der Waals surface area contributed by atoms with E-state index in [-0.39, 0.29) is 0 Å². The maximum atomic E-state index is 10.9. The molecule has 0 spiro atoms. The number of anilines is 1. The summed E-state index contributed by atoms with van der Waals surface area (Å²) in [5.74, 6) is 0.632. The first-order valence-corrected chi connectivity index (χ1v) is 8.27. The minimum atomic E-state index is -0.663. The standard InChI is InChI=1S/C14H21N3O2S/c1-2-3-12-15-14(20-16-12)17-10-4-5-11(17)7-9(6-10)8-13(18)19/h9-11H,2-8H2,1H3,(H,18,19). The quantitative estimate of drug-likeness (QED) is 0.904. The van der Waals surface area contributed by atoms with Crippen LogP contribution in [0.1, 0.15) is 51.3 Å². The predicted molar refractivity (Wildman–Crippen MR) is 78.2 cm³/mol. The molecular formula is C14H21N3O2S. The molecule has 2 unspecified atom stereocenters. The lowest BCUT2D eigenvalue weighted by molar-refractivity contribution is -0.138. The Morgan fingerprint density at radius 1 is 1.40 bits per heavy atom. The number of fused-ring (bicyclic) bond motifs is 2. The molecule has 0 aliphatic carbocycles. The molecule has 2 fully saturated rings. The minimum absolute atomic E-state index is 0.318. The highest BCUT2D eigenvalue weighted by molar-refractivity contribution is 7.09. The van der Waals surface area contributed by atoms with Gasteiger partial charge >= 0.3 is 5.97 Å². The van der Waals surface area contributed by atoms with Crippen LogP contribution in [0.5, 0.6) is 0 Å². The van der Waals surface area contributed by atoms with Crippen LogP contribution in [0, 0.1) is 5.92 Å². The third kappa shape index (κ3) is 2.66. The molecule has 2 aliphatic rings. The summed E-state index contributed by atoms with van der Waals surface area (Å²) in [6.07, 6.45) is 6.66. The van der Waals surface area contributed by atoms with Gasteiger partial charge in [-0.15, -0.1) is 0 Å². The molecule has 2 aliphatic heterocycles. The lowest BCUT2D eigenvalue weighted by Crippen LogP contribution is -2.43. The Bertz CT molecular complexity index is 477. The van der Waals surface area contributed by atoms with Gasteiger partial charge in [-0.05, 0) is 38.0 Å². The van der Waals surface area contributed by atoms with Crippen molar-refractivity contribution in [1.29, 1.82) is 0 Å². The number of rotatable bonds is 5. The van der Waals surface area contributed by atoms with Gasteiger partial charge in [0, 0.05) is 36.5 Å². The van der Waals surface area contributed by atoms with E-state index < -0.39 is 5.97 Å². The number of hydrogen-bond acceptors (Lipinski definition) is 5. The molecule has 6 heteroatoms. The topological polar surface area (TPSA) is 66.3 Å². The zero-order chi connectivity index (χ0) is 14.1. The molecule has 1 aromatic heterocycles. The highest BCUT2D eigenvalue weighted by atomic mass is 32.1. The molecule has 0 saturated carbocycles. The van der Waals surface area contributed by atoms with E-state index in [0.717, 1.165) is 36.6 Å². The first-order valence-electron chi connectivity index (χ1n) is 7.50. The van der Waals surface area contributed by atoms with E-state index in [2.05, 4.69) is 21.2 Å². The van der Waals surface area contributed by atoms with Crippen LogP contribution in [0.3, 0.4) is 0 Å². The third-order valence-electron chi connectivity index (χ3n) is 4.45. The van der Waals surface area contributed by atoms with Crippen molar-refractivity contribution in [2.45, 2.75) is 64.0 Å². The van der Waals surface area contributed by atoms with Gasteiger partial charge in [0.15, 0.2) is 0 Å². The Labute approximate surface area is 123 Å². The van der Waals surface area contributed by atoms with Crippen LogP contribution in [0.25, 0.3) is 0 Å². The van der Waals surface area contributed by atoms with Crippen LogP contribution in [0.15, 0.2) is 0 Å². The number of hydrogen-bond donors (Lipinski definition) is 1. The Morgan fingerprint density at radius 3 is 2.70 bits per heavy atom. The molecule has 0 amide bonds. The number of carbonyl (C=O) groups is 1. The summed E-state index contributed by atoms with van der Waals surface area (Å²) in [5, 5.41) is 10.0. The summed E-state index contributed by atoms with van der Waals surface area (Å²) in [4.78, 5) is 18.0. The Morgan fingerprint density at radius 2 is 2.10 bits per heavy atom. The smallest absolute Gasteiger partial charge is 0.303 e. The first-order chi connectivity index (χ1) is 9.67. The normalized spacial score (nSPS) is 28.9. The minimum Gasteiger partial charge on any atom is -0.481 e. The van der Waals surface area contributed by atoms with E-state index in [1.54, 1.807) is 0 Å². The molecule has 0 radical (unpaired) electrons. The number of aromatic nitrogens is 2. The van der Waals surface area contributed by atoms with Crippen molar-refractivity contribution >= 4 is 22.6 Å². The SMILES string of the molecule is CCCc1nsc(N2C3CCC2CC(CC(=O)O)C3)n1. The Balaban J connectivity index is 1.71. The van der Waals surface area contributed by atoms with Gasteiger partial charge in [0.25, 0.3) is 0 Å². The molecule has 110 valence electrons. The largest absolute Gasteiger partial charge is 0.481 e. The van der Waals surface area contributed by atoms with Crippen molar-refractivity contribution in [1.82, 2.24) is 9.36 Å². The van der Waals surface area contributed by atoms with Crippen molar-refractivity contribution < 1.29 is 9.90 Å². The molecule has 1 aromatic rings. The zero-order valence-electron chi connectivity index (χ0n) is 11.8. The highest BCUT2D eigenvalue weighted by Gasteiger charge is 2.42. The van der Waals surface area contributed by atoms with E-state index in [1.807, 2.05) is 0 Å². The van der Waals surface area contributed by atoms with E-state index in [1.165, 1.54) is 24.4 Å². The van der Waals surface area contributed by atoms with Crippen molar-refractivity contribution in [2.75, 3.05) is 4.90 Å². The van der Waals surface area contributed by atoms with Crippen LogP contribution in [0.4, 0.5) is 5.13 Å². The van der Waals surface area contributed by atoms with Crippen molar-refractivity contribution in [3.8, 4) is 0 Å². The van der Waals surface area contributed by atoms with Gasteiger partial charge in [0.05, 0.1) is 0 Å². The van der Waals surface area contributed by atoms with Gasteiger partial charge in [0.1, 0.15) is 5.82 Å². The Hall–Kier alpha value is -1.17. The second kappa shape index (κ2) is 5.68. The van der Waals surface area contributed by atoms with E-state index in [0.29, 0.717) is 24.4 Å².